The molecule has 3 aliphatic carbocycles. The van der Waals surface area contributed by atoms with Crippen LogP contribution in [0.1, 0.15) is 96.0 Å². The Morgan fingerprint density at radius 2 is 1.82 bits per heavy atom. The summed E-state index contributed by atoms with van der Waals surface area (Å²) in [4.78, 5) is 61.7. The lowest BCUT2D eigenvalue weighted by Crippen LogP contribution is -2.59. The maximum atomic E-state index is 14.6. The number of nitrogens with zero attached hydrogens (tertiary/aromatic N) is 2. The summed E-state index contributed by atoms with van der Waals surface area (Å²) in [5, 5.41) is 6.99. The van der Waals surface area contributed by atoms with E-state index in [0.29, 0.717) is 38.0 Å². The van der Waals surface area contributed by atoms with E-state index in [0.717, 1.165) is 67.7 Å². The van der Waals surface area contributed by atoms with Gasteiger partial charge in [0.25, 0.3) is 5.91 Å². The number of carbonyl (C=O) groups excluding carboxylic acids is 4. The molecule has 276 valence electrons. The van der Waals surface area contributed by atoms with Crippen molar-refractivity contribution in [2.45, 2.75) is 126 Å². The number of sulfonamides is 1. The Morgan fingerprint density at radius 3 is 2.57 bits per heavy atom. The smallest absolute Gasteiger partial charge is 0.407 e. The van der Waals surface area contributed by atoms with Crippen molar-refractivity contribution in [2.24, 2.45) is 11.8 Å². The van der Waals surface area contributed by atoms with Crippen molar-refractivity contribution >= 4 is 44.6 Å². The van der Waals surface area contributed by atoms with E-state index < -0.39 is 62.8 Å². The van der Waals surface area contributed by atoms with Crippen LogP contribution in [-0.2, 0) is 35.6 Å². The number of pyridine rings is 1. The van der Waals surface area contributed by atoms with Gasteiger partial charge in [-0.15, -0.1) is 0 Å². The van der Waals surface area contributed by atoms with Crippen molar-refractivity contribution in [1.82, 2.24) is 25.2 Å². The Balaban J connectivity index is 1.20. The van der Waals surface area contributed by atoms with E-state index in [1.54, 1.807) is 6.20 Å². The third-order valence-electron chi connectivity index (χ3n) is 11.5. The van der Waals surface area contributed by atoms with Crippen LogP contribution in [0.25, 0.3) is 10.8 Å². The van der Waals surface area contributed by atoms with Gasteiger partial charge in [0, 0.05) is 18.0 Å². The third-order valence-corrected chi connectivity index (χ3v) is 13.3. The second-order valence-corrected chi connectivity index (χ2v) is 17.0. The van der Waals surface area contributed by atoms with E-state index in [4.69, 9.17) is 9.47 Å². The number of fused-ring (bicyclic) bond motifs is 3. The van der Waals surface area contributed by atoms with Gasteiger partial charge in [0.2, 0.25) is 27.7 Å². The molecule has 13 nitrogen and oxygen atoms in total. The lowest BCUT2D eigenvalue weighted by molar-refractivity contribution is -0.142. The molecule has 3 saturated carbocycles. The van der Waals surface area contributed by atoms with Crippen LogP contribution >= 0.6 is 0 Å². The molecule has 14 heteroatoms. The van der Waals surface area contributed by atoms with Gasteiger partial charge in [-0.05, 0) is 92.7 Å². The van der Waals surface area contributed by atoms with Crippen molar-refractivity contribution in [3.05, 3.63) is 36.0 Å². The average molecular weight is 724 g/mol. The fourth-order valence-electron chi connectivity index (χ4n) is 8.24. The van der Waals surface area contributed by atoms with Gasteiger partial charge in [-0.25, -0.2) is 18.2 Å². The zero-order valence-corrected chi connectivity index (χ0v) is 30.0. The molecule has 5 atom stereocenters. The fourth-order valence-corrected chi connectivity index (χ4v) is 9.60. The highest BCUT2D eigenvalue weighted by molar-refractivity contribution is 7.91. The highest BCUT2D eigenvalue weighted by Crippen LogP contribution is 2.47. The summed E-state index contributed by atoms with van der Waals surface area (Å²) in [6, 6.07) is 6.16. The normalized spacial score (nSPS) is 29.3. The van der Waals surface area contributed by atoms with Gasteiger partial charge in [0.15, 0.2) is 0 Å². The number of aromatic nitrogens is 1. The highest BCUT2D eigenvalue weighted by Gasteiger charge is 2.62. The summed E-state index contributed by atoms with van der Waals surface area (Å²) in [5.74, 6) is -1.68. The van der Waals surface area contributed by atoms with Crippen molar-refractivity contribution < 1.29 is 37.1 Å². The molecule has 4 amide bonds. The largest absolute Gasteiger partial charge is 0.472 e. The predicted molar refractivity (Wildman–Crippen MR) is 188 cm³/mol. The topological polar surface area (TPSA) is 173 Å². The molecular formula is C37H49N5O8S. The minimum absolute atomic E-state index is 0.0566. The van der Waals surface area contributed by atoms with Gasteiger partial charge in [0.1, 0.15) is 23.7 Å². The van der Waals surface area contributed by atoms with Gasteiger partial charge in [-0.1, -0.05) is 44.7 Å². The quantitative estimate of drug-likeness (QED) is 0.383. The van der Waals surface area contributed by atoms with Crippen LogP contribution in [0.2, 0.25) is 0 Å². The summed E-state index contributed by atoms with van der Waals surface area (Å²) >= 11 is 0. The Kier molecular flexibility index (Phi) is 10.1. The van der Waals surface area contributed by atoms with Crippen LogP contribution in [0.3, 0.4) is 0 Å². The van der Waals surface area contributed by atoms with Gasteiger partial charge in [-0.3, -0.25) is 19.1 Å². The van der Waals surface area contributed by atoms with Crippen LogP contribution in [0.5, 0.6) is 5.88 Å². The van der Waals surface area contributed by atoms with Gasteiger partial charge < -0.3 is 25.0 Å². The molecule has 7 rings (SSSR count). The Morgan fingerprint density at radius 1 is 1.04 bits per heavy atom. The van der Waals surface area contributed by atoms with E-state index in [-0.39, 0.29) is 31.4 Å². The lowest BCUT2D eigenvalue weighted by atomic mass is 9.83. The molecule has 3 heterocycles. The molecule has 51 heavy (non-hydrogen) atoms. The van der Waals surface area contributed by atoms with E-state index >= 15 is 0 Å². The number of nitrogens with one attached hydrogen (secondary N) is 3. The molecule has 1 aromatic carbocycles. The number of alkyl carbamates (subject to hydrolysis) is 1. The maximum absolute atomic E-state index is 14.6. The van der Waals surface area contributed by atoms with Crippen molar-refractivity contribution in [3.63, 3.8) is 0 Å². The van der Waals surface area contributed by atoms with E-state index in [2.05, 4.69) is 32.5 Å². The first-order valence-electron chi connectivity index (χ1n) is 18.7. The van der Waals surface area contributed by atoms with Crippen LogP contribution in [0.15, 0.2) is 30.5 Å². The first-order chi connectivity index (χ1) is 24.6. The standard InChI is InChI=1S/C37H49N5O8S/c1-2-26-21-37(26,35(45)41-51(47,48)28-14-15-28)40-32(43)30-20-27-22-42(30)34(44)31(25-10-6-3-7-11-25)39-36(46)49-18-8-4-5-9-23-12-13-24-16-17-38-33(50-27)29(24)19-23/h12-13,16-17,19,25-28,30-31H,2-11,14-15,18,20-22H2,1H3,(H,39,46)(H,40,43)(H,41,45)/t26-,27-,30-,31-,37+/m0/s1. The zero-order chi connectivity index (χ0) is 35.8. The summed E-state index contributed by atoms with van der Waals surface area (Å²) in [5.41, 5.74) is -0.273. The molecule has 3 N–H and O–H groups in total. The number of cyclic esters (lactones) is 1. The molecule has 2 aromatic rings. The number of hydrogen-bond acceptors (Lipinski definition) is 9. The first kappa shape index (κ1) is 35.5. The molecule has 1 saturated heterocycles. The zero-order valence-electron chi connectivity index (χ0n) is 29.2. The average Bonchev–Trinajstić information content (AvgIpc) is 4.05. The minimum Gasteiger partial charge on any atom is -0.472 e. The summed E-state index contributed by atoms with van der Waals surface area (Å²) in [7, 11) is -3.84. The molecule has 0 unspecified atom stereocenters. The Hall–Kier alpha value is -3.94. The third kappa shape index (κ3) is 7.66. The Labute approximate surface area is 299 Å². The maximum Gasteiger partial charge on any atom is 0.407 e. The number of carbonyl (C=O) groups is 4. The monoisotopic (exact) mass is 723 g/mol. The van der Waals surface area contributed by atoms with Gasteiger partial charge in [-0.2, -0.15) is 0 Å². The van der Waals surface area contributed by atoms with Gasteiger partial charge in [0.05, 0.1) is 18.4 Å². The van der Waals surface area contributed by atoms with E-state index in [9.17, 15) is 27.6 Å². The molecule has 2 aliphatic heterocycles. The molecule has 0 radical (unpaired) electrons. The van der Waals surface area contributed by atoms with Crippen LogP contribution < -0.4 is 20.1 Å². The SMILES string of the molecule is CC[C@H]1C[C@]1(NC(=O)[C@@H]1C[C@H]2CN1C(=O)[C@H](C1CCCCC1)NC(=O)OCCCCCc1ccc3ccnc(c3c1)O2)C(=O)NS(=O)(=O)C1CC1. The number of ether oxygens (including phenoxy) is 2. The molecule has 4 bridgehead atoms. The number of rotatable bonds is 7. The second kappa shape index (κ2) is 14.6. The number of hydrogen-bond donors (Lipinski definition) is 3. The van der Waals surface area contributed by atoms with Crippen molar-refractivity contribution in [2.75, 3.05) is 13.2 Å². The highest BCUT2D eigenvalue weighted by atomic mass is 32.2. The van der Waals surface area contributed by atoms with Crippen molar-refractivity contribution in [1.29, 1.82) is 0 Å². The molecule has 5 aliphatic rings. The summed E-state index contributed by atoms with van der Waals surface area (Å²) in [6.45, 7) is 2.17. The second-order valence-electron chi connectivity index (χ2n) is 15.1. The molecule has 1 aromatic heterocycles. The van der Waals surface area contributed by atoms with Crippen molar-refractivity contribution in [3.8, 4) is 5.88 Å². The number of benzene rings is 1. The van der Waals surface area contributed by atoms with Crippen LogP contribution in [-0.4, -0.2) is 84.2 Å². The fraction of sp³-hybridized carbons (Fsp3) is 0.649. The van der Waals surface area contributed by atoms with Crippen LogP contribution in [0, 0.1) is 11.8 Å². The van der Waals surface area contributed by atoms with Crippen LogP contribution in [0.4, 0.5) is 4.79 Å². The first-order valence-corrected chi connectivity index (χ1v) is 20.3. The number of amides is 4. The Bertz CT molecular complexity index is 1780. The van der Waals surface area contributed by atoms with Gasteiger partial charge >= 0.3 is 6.09 Å². The summed E-state index contributed by atoms with van der Waals surface area (Å²) in [6.07, 6.45) is 10.1. The lowest BCUT2D eigenvalue weighted by Gasteiger charge is -2.34. The van der Waals surface area contributed by atoms with E-state index in [1.807, 2.05) is 19.1 Å². The molecule has 4 fully saturated rings. The molecule has 0 spiro atoms. The number of aryl methyl sites for hydroxylation is 1. The summed E-state index contributed by atoms with van der Waals surface area (Å²) < 4.78 is 39.8. The predicted octanol–water partition coefficient (Wildman–Crippen LogP) is 3.88. The minimum atomic E-state index is -3.84. The van der Waals surface area contributed by atoms with E-state index in [1.165, 1.54) is 4.90 Å². The molecular weight excluding hydrogens is 675 g/mol.